The van der Waals surface area contributed by atoms with Crippen molar-refractivity contribution in [2.24, 2.45) is 11.3 Å². The van der Waals surface area contributed by atoms with Gasteiger partial charge in [0.2, 0.25) is 0 Å². The highest BCUT2D eigenvalue weighted by Crippen LogP contribution is 2.46. The largest absolute Gasteiger partial charge is 0.311 e. The van der Waals surface area contributed by atoms with Gasteiger partial charge in [0.1, 0.15) is 0 Å². The number of hydrogen-bond donors (Lipinski definition) is 1. The molecule has 1 aliphatic heterocycles. The average molecular weight is 169 g/mol. The lowest BCUT2D eigenvalue weighted by Crippen LogP contribution is -2.65. The zero-order valence-electron chi connectivity index (χ0n) is 9.20. The maximum absolute atomic E-state index is 3.59. The molecule has 12 heavy (non-hydrogen) atoms. The van der Waals surface area contributed by atoms with Crippen LogP contribution >= 0.6 is 0 Å². The molecule has 1 heteroatoms. The first-order valence-electron chi connectivity index (χ1n) is 5.21. The number of nitrogens with one attached hydrogen (secondary N) is 1. The zero-order valence-corrected chi connectivity index (χ0v) is 9.20. The third-order valence-electron chi connectivity index (χ3n) is 4.41. The van der Waals surface area contributed by atoms with E-state index in [1.807, 2.05) is 0 Å². The Morgan fingerprint density at radius 2 is 2.00 bits per heavy atom. The predicted molar refractivity (Wildman–Crippen MR) is 54.3 cm³/mol. The molecule has 0 radical (unpaired) electrons. The van der Waals surface area contributed by atoms with Gasteiger partial charge in [0, 0.05) is 5.54 Å². The molecule has 1 heterocycles. The Balaban J connectivity index is 2.78. The van der Waals surface area contributed by atoms with Gasteiger partial charge in [-0.05, 0) is 37.6 Å². The van der Waals surface area contributed by atoms with Crippen LogP contribution in [0.2, 0.25) is 0 Å². The molecule has 0 aromatic carbocycles. The lowest BCUT2D eigenvalue weighted by atomic mass is 9.59. The predicted octanol–water partition coefficient (Wildman–Crippen LogP) is 2.81. The fraction of sp³-hybridized carbons (Fsp3) is 1.00. The van der Waals surface area contributed by atoms with E-state index < -0.39 is 0 Å². The van der Waals surface area contributed by atoms with Crippen LogP contribution < -0.4 is 5.32 Å². The van der Waals surface area contributed by atoms with E-state index in [1.165, 1.54) is 19.4 Å². The number of hydrogen-bond acceptors (Lipinski definition) is 1. The van der Waals surface area contributed by atoms with Crippen LogP contribution in [-0.4, -0.2) is 12.1 Å². The van der Waals surface area contributed by atoms with Crippen molar-refractivity contribution in [2.45, 2.75) is 53.0 Å². The summed E-state index contributed by atoms with van der Waals surface area (Å²) in [4.78, 5) is 0. The van der Waals surface area contributed by atoms with Crippen LogP contribution in [0.3, 0.4) is 0 Å². The number of rotatable bonds is 3. The Labute approximate surface area is 76.9 Å². The molecule has 0 amide bonds. The molecule has 0 aliphatic carbocycles. The quantitative estimate of drug-likeness (QED) is 0.685. The maximum atomic E-state index is 3.59. The van der Waals surface area contributed by atoms with Crippen LogP contribution in [0.5, 0.6) is 0 Å². The van der Waals surface area contributed by atoms with E-state index in [2.05, 4.69) is 39.9 Å². The topological polar surface area (TPSA) is 12.0 Å². The van der Waals surface area contributed by atoms with Crippen molar-refractivity contribution in [3.05, 3.63) is 0 Å². The molecule has 1 rings (SSSR count). The van der Waals surface area contributed by atoms with Crippen LogP contribution in [0.4, 0.5) is 0 Å². The molecule has 1 fully saturated rings. The standard InChI is InChI=1S/C11H23N/c1-6-10(4,9(2)3)11(5)7-8-12-11/h9,12H,6-8H2,1-5H3. The van der Waals surface area contributed by atoms with E-state index in [0.717, 1.165) is 5.92 Å². The third-order valence-corrected chi connectivity index (χ3v) is 4.41. The molecule has 1 N–H and O–H groups in total. The van der Waals surface area contributed by atoms with Crippen molar-refractivity contribution in [2.75, 3.05) is 6.54 Å². The van der Waals surface area contributed by atoms with Crippen molar-refractivity contribution in [3.8, 4) is 0 Å². The van der Waals surface area contributed by atoms with E-state index in [4.69, 9.17) is 0 Å². The van der Waals surface area contributed by atoms with Gasteiger partial charge in [-0.2, -0.15) is 0 Å². The highest BCUT2D eigenvalue weighted by molar-refractivity contribution is 5.05. The van der Waals surface area contributed by atoms with Crippen molar-refractivity contribution >= 4 is 0 Å². The highest BCUT2D eigenvalue weighted by Gasteiger charge is 2.48. The fourth-order valence-corrected chi connectivity index (χ4v) is 2.42. The molecule has 0 bridgehead atoms. The molecular formula is C11H23N. The molecule has 2 unspecified atom stereocenters. The van der Waals surface area contributed by atoms with E-state index >= 15 is 0 Å². The van der Waals surface area contributed by atoms with Gasteiger partial charge in [0.05, 0.1) is 0 Å². The second-order valence-corrected chi connectivity index (χ2v) is 4.93. The minimum absolute atomic E-state index is 0.399. The Morgan fingerprint density at radius 3 is 2.08 bits per heavy atom. The highest BCUT2D eigenvalue weighted by atomic mass is 15.1. The fourth-order valence-electron chi connectivity index (χ4n) is 2.42. The van der Waals surface area contributed by atoms with Crippen LogP contribution in [0, 0.1) is 11.3 Å². The average Bonchev–Trinajstić information content (AvgIpc) is 1.98. The van der Waals surface area contributed by atoms with Gasteiger partial charge < -0.3 is 5.32 Å². The van der Waals surface area contributed by atoms with Crippen molar-refractivity contribution in [3.63, 3.8) is 0 Å². The van der Waals surface area contributed by atoms with Crippen molar-refractivity contribution < 1.29 is 0 Å². The first-order valence-corrected chi connectivity index (χ1v) is 5.21. The Kier molecular flexibility index (Phi) is 2.53. The summed E-state index contributed by atoms with van der Waals surface area (Å²) in [6.07, 6.45) is 2.61. The molecule has 0 aromatic rings. The molecule has 72 valence electrons. The Hall–Kier alpha value is -0.0400. The molecule has 1 aliphatic rings. The van der Waals surface area contributed by atoms with Gasteiger partial charge >= 0.3 is 0 Å². The Morgan fingerprint density at radius 1 is 1.50 bits per heavy atom. The molecule has 1 nitrogen and oxygen atoms in total. The first-order chi connectivity index (χ1) is 5.46. The molecular weight excluding hydrogens is 146 g/mol. The third kappa shape index (κ3) is 1.19. The molecule has 0 saturated carbocycles. The van der Waals surface area contributed by atoms with E-state index in [9.17, 15) is 0 Å². The van der Waals surface area contributed by atoms with Gasteiger partial charge in [0.15, 0.2) is 0 Å². The van der Waals surface area contributed by atoms with Gasteiger partial charge in [-0.15, -0.1) is 0 Å². The second-order valence-electron chi connectivity index (χ2n) is 4.93. The normalized spacial score (nSPS) is 34.5. The van der Waals surface area contributed by atoms with Gasteiger partial charge in [-0.3, -0.25) is 0 Å². The molecule has 2 atom stereocenters. The molecule has 0 spiro atoms. The monoisotopic (exact) mass is 169 g/mol. The summed E-state index contributed by atoms with van der Waals surface area (Å²) in [6, 6.07) is 0. The summed E-state index contributed by atoms with van der Waals surface area (Å²) < 4.78 is 0. The minimum Gasteiger partial charge on any atom is -0.311 e. The van der Waals surface area contributed by atoms with Gasteiger partial charge in [0.25, 0.3) is 0 Å². The van der Waals surface area contributed by atoms with Crippen LogP contribution in [0.1, 0.15) is 47.5 Å². The van der Waals surface area contributed by atoms with Crippen molar-refractivity contribution in [1.82, 2.24) is 5.32 Å². The smallest absolute Gasteiger partial charge is 0.0221 e. The van der Waals surface area contributed by atoms with E-state index in [-0.39, 0.29) is 0 Å². The Bertz CT molecular complexity index is 158. The minimum atomic E-state index is 0.399. The summed E-state index contributed by atoms with van der Waals surface area (Å²) in [7, 11) is 0. The second kappa shape index (κ2) is 3.02. The van der Waals surface area contributed by atoms with E-state index in [0.29, 0.717) is 11.0 Å². The van der Waals surface area contributed by atoms with Gasteiger partial charge in [-0.1, -0.05) is 27.7 Å². The van der Waals surface area contributed by atoms with Crippen LogP contribution in [0.25, 0.3) is 0 Å². The molecule has 1 saturated heterocycles. The lowest BCUT2D eigenvalue weighted by Gasteiger charge is -2.55. The summed E-state index contributed by atoms with van der Waals surface area (Å²) >= 11 is 0. The zero-order chi connectivity index (χ0) is 9.41. The lowest BCUT2D eigenvalue weighted by molar-refractivity contribution is 0.00717. The van der Waals surface area contributed by atoms with Crippen molar-refractivity contribution in [1.29, 1.82) is 0 Å². The molecule has 0 aromatic heterocycles. The van der Waals surface area contributed by atoms with Crippen LogP contribution in [-0.2, 0) is 0 Å². The van der Waals surface area contributed by atoms with Crippen LogP contribution in [0.15, 0.2) is 0 Å². The SMILES string of the molecule is CCC(C)(C(C)C)C1(C)CCN1. The summed E-state index contributed by atoms with van der Waals surface area (Å²) in [5.74, 6) is 0.764. The summed E-state index contributed by atoms with van der Waals surface area (Å²) in [6.45, 7) is 13.0. The summed E-state index contributed by atoms with van der Waals surface area (Å²) in [5.41, 5.74) is 0.862. The first kappa shape index (κ1) is 10.0. The van der Waals surface area contributed by atoms with E-state index in [1.54, 1.807) is 0 Å². The summed E-state index contributed by atoms with van der Waals surface area (Å²) in [5, 5.41) is 3.59. The maximum Gasteiger partial charge on any atom is 0.0221 e. The van der Waals surface area contributed by atoms with Gasteiger partial charge in [-0.25, -0.2) is 0 Å².